The minimum Gasteiger partial charge on any atom is -0.370 e. The van der Waals surface area contributed by atoms with Crippen LogP contribution in [-0.2, 0) is 4.79 Å². The van der Waals surface area contributed by atoms with Gasteiger partial charge in [-0.3, -0.25) is 14.7 Å². The smallest absolute Gasteiger partial charge is 0.225 e. The van der Waals surface area contributed by atoms with Gasteiger partial charge in [0.1, 0.15) is 0 Å². The Morgan fingerprint density at radius 2 is 1.54 bits per heavy atom. The lowest BCUT2D eigenvalue weighted by molar-refractivity contribution is -0.137. The van der Waals surface area contributed by atoms with Crippen molar-refractivity contribution in [3.8, 4) is 0 Å². The van der Waals surface area contributed by atoms with Gasteiger partial charge in [-0.15, -0.1) is 0 Å². The maximum absolute atomic E-state index is 12.4. The van der Waals surface area contributed by atoms with Gasteiger partial charge in [-0.05, 0) is 32.1 Å². The van der Waals surface area contributed by atoms with Crippen molar-refractivity contribution in [2.75, 3.05) is 52.4 Å². The van der Waals surface area contributed by atoms with Crippen molar-refractivity contribution in [2.45, 2.75) is 44.9 Å². The second-order valence-corrected chi connectivity index (χ2v) is 7.44. The second kappa shape index (κ2) is 8.70. The maximum Gasteiger partial charge on any atom is 0.225 e. The van der Waals surface area contributed by atoms with Crippen LogP contribution in [0.15, 0.2) is 4.99 Å². The summed E-state index contributed by atoms with van der Waals surface area (Å²) in [6.07, 6.45) is 8.43. The van der Waals surface area contributed by atoms with Gasteiger partial charge in [0.2, 0.25) is 5.91 Å². The molecule has 0 spiro atoms. The Balaban J connectivity index is 1.35. The molecule has 0 aromatic heterocycles. The molecule has 0 bridgehead atoms. The molecule has 0 unspecified atom stereocenters. The normalized spacial score (nSPS) is 24.6. The molecule has 1 aliphatic carbocycles. The highest BCUT2D eigenvalue weighted by Crippen LogP contribution is 2.26. The van der Waals surface area contributed by atoms with Crippen LogP contribution >= 0.6 is 0 Å². The van der Waals surface area contributed by atoms with E-state index in [9.17, 15) is 4.79 Å². The van der Waals surface area contributed by atoms with Crippen molar-refractivity contribution >= 4 is 11.9 Å². The van der Waals surface area contributed by atoms with Crippen molar-refractivity contribution < 1.29 is 4.79 Å². The van der Waals surface area contributed by atoms with Crippen LogP contribution < -0.4 is 5.73 Å². The van der Waals surface area contributed by atoms with Gasteiger partial charge >= 0.3 is 0 Å². The fraction of sp³-hybridized carbons (Fsp3) is 0.889. The van der Waals surface area contributed by atoms with Crippen LogP contribution in [0.25, 0.3) is 0 Å². The first-order chi connectivity index (χ1) is 11.7. The van der Waals surface area contributed by atoms with Crippen molar-refractivity contribution in [3.05, 3.63) is 0 Å². The number of nitrogens with two attached hydrogens (primary N) is 1. The molecule has 0 atom stereocenters. The highest BCUT2D eigenvalue weighted by Gasteiger charge is 2.29. The highest BCUT2D eigenvalue weighted by atomic mass is 16.2. The van der Waals surface area contributed by atoms with Gasteiger partial charge in [0, 0.05) is 51.7 Å². The molecule has 6 nitrogen and oxygen atoms in total. The molecule has 24 heavy (non-hydrogen) atoms. The predicted molar refractivity (Wildman–Crippen MR) is 96.9 cm³/mol. The van der Waals surface area contributed by atoms with Gasteiger partial charge in [-0.2, -0.15) is 0 Å². The summed E-state index contributed by atoms with van der Waals surface area (Å²) in [4.78, 5) is 23.7. The molecule has 3 fully saturated rings. The van der Waals surface area contributed by atoms with Crippen LogP contribution in [0.5, 0.6) is 0 Å². The first-order valence-corrected chi connectivity index (χ1v) is 9.80. The summed E-state index contributed by atoms with van der Waals surface area (Å²) in [5, 5.41) is 0. The number of aliphatic imine (C=N–C) groups is 1. The first-order valence-electron chi connectivity index (χ1n) is 9.80. The topological polar surface area (TPSA) is 65.2 Å². The Hall–Kier alpha value is -1.30. The lowest BCUT2D eigenvalue weighted by atomic mass is 10.1. The van der Waals surface area contributed by atoms with Gasteiger partial charge in [-0.25, -0.2) is 0 Å². The van der Waals surface area contributed by atoms with E-state index in [0.717, 1.165) is 65.2 Å². The Morgan fingerprint density at radius 1 is 0.875 bits per heavy atom. The first kappa shape index (κ1) is 17.5. The number of amides is 1. The molecule has 2 heterocycles. The van der Waals surface area contributed by atoms with E-state index in [1.165, 1.54) is 32.1 Å². The van der Waals surface area contributed by atoms with Gasteiger partial charge in [0.25, 0.3) is 0 Å². The molecular formula is C18H33N5O. The standard InChI is InChI=1S/C18H33N5O/c19-18(23-9-4-1-5-10-23)20-8-11-21-12-14-22(15-13-21)17(24)16-6-2-3-7-16/h16H,1-15H2,(H2,19,20). The maximum atomic E-state index is 12.4. The third-order valence-corrected chi connectivity index (χ3v) is 5.76. The highest BCUT2D eigenvalue weighted by molar-refractivity contribution is 5.79. The fourth-order valence-corrected chi connectivity index (χ4v) is 4.15. The lowest BCUT2D eigenvalue weighted by Gasteiger charge is -2.35. The third kappa shape index (κ3) is 4.62. The van der Waals surface area contributed by atoms with Crippen molar-refractivity contribution in [2.24, 2.45) is 16.6 Å². The molecule has 3 aliphatic rings. The number of nitrogens with zero attached hydrogens (tertiary/aromatic N) is 4. The van der Waals surface area contributed by atoms with Gasteiger partial charge in [-0.1, -0.05) is 12.8 Å². The van der Waals surface area contributed by atoms with E-state index in [1.807, 2.05) is 0 Å². The number of piperazine rings is 1. The zero-order valence-electron chi connectivity index (χ0n) is 15.0. The molecule has 0 aromatic rings. The van der Waals surface area contributed by atoms with Gasteiger partial charge in [0.05, 0.1) is 6.54 Å². The molecule has 2 N–H and O–H groups in total. The van der Waals surface area contributed by atoms with E-state index in [2.05, 4.69) is 19.7 Å². The van der Waals surface area contributed by atoms with Crippen molar-refractivity contribution in [1.29, 1.82) is 0 Å². The van der Waals surface area contributed by atoms with E-state index in [4.69, 9.17) is 5.73 Å². The number of carbonyl (C=O) groups excluding carboxylic acids is 1. The summed E-state index contributed by atoms with van der Waals surface area (Å²) >= 11 is 0. The van der Waals surface area contributed by atoms with Gasteiger partial charge in [0.15, 0.2) is 5.96 Å². The third-order valence-electron chi connectivity index (χ3n) is 5.76. The van der Waals surface area contributed by atoms with E-state index >= 15 is 0 Å². The van der Waals surface area contributed by atoms with Crippen LogP contribution in [0.3, 0.4) is 0 Å². The lowest BCUT2D eigenvalue weighted by Crippen LogP contribution is -2.50. The minimum absolute atomic E-state index is 0.311. The molecule has 136 valence electrons. The van der Waals surface area contributed by atoms with E-state index in [1.54, 1.807) is 0 Å². The van der Waals surface area contributed by atoms with E-state index in [0.29, 0.717) is 17.8 Å². The summed E-state index contributed by atoms with van der Waals surface area (Å²) in [7, 11) is 0. The monoisotopic (exact) mass is 335 g/mol. The summed E-state index contributed by atoms with van der Waals surface area (Å²) in [5.74, 6) is 1.43. The summed E-state index contributed by atoms with van der Waals surface area (Å²) < 4.78 is 0. The van der Waals surface area contributed by atoms with Gasteiger partial charge < -0.3 is 15.5 Å². The zero-order valence-corrected chi connectivity index (χ0v) is 15.0. The Bertz CT molecular complexity index is 433. The Labute approximate surface area is 146 Å². The fourth-order valence-electron chi connectivity index (χ4n) is 4.15. The molecule has 2 saturated heterocycles. The number of guanidine groups is 1. The average molecular weight is 335 g/mol. The summed E-state index contributed by atoms with van der Waals surface area (Å²) in [5.41, 5.74) is 6.10. The number of likely N-dealkylation sites (tertiary alicyclic amines) is 1. The molecule has 6 heteroatoms. The predicted octanol–water partition coefficient (Wildman–Crippen LogP) is 1.12. The minimum atomic E-state index is 0.311. The van der Waals surface area contributed by atoms with E-state index in [-0.39, 0.29) is 0 Å². The van der Waals surface area contributed by atoms with Crippen molar-refractivity contribution in [1.82, 2.24) is 14.7 Å². The van der Waals surface area contributed by atoms with Crippen LogP contribution in [0.1, 0.15) is 44.9 Å². The van der Waals surface area contributed by atoms with Crippen LogP contribution in [-0.4, -0.2) is 78.9 Å². The number of hydrogen-bond acceptors (Lipinski definition) is 3. The average Bonchev–Trinajstić information content (AvgIpc) is 3.17. The largest absolute Gasteiger partial charge is 0.370 e. The van der Waals surface area contributed by atoms with E-state index < -0.39 is 0 Å². The van der Waals surface area contributed by atoms with Crippen LogP contribution in [0.2, 0.25) is 0 Å². The molecule has 1 saturated carbocycles. The number of piperidine rings is 1. The SMILES string of the molecule is NC(=NCCN1CCN(C(=O)C2CCCC2)CC1)N1CCCCC1. The molecule has 2 aliphatic heterocycles. The Kier molecular flexibility index (Phi) is 6.35. The summed E-state index contributed by atoms with van der Waals surface area (Å²) in [6.45, 7) is 7.50. The molecule has 3 rings (SSSR count). The molecule has 1 amide bonds. The van der Waals surface area contributed by atoms with Crippen molar-refractivity contribution in [3.63, 3.8) is 0 Å². The van der Waals surface area contributed by atoms with Crippen LogP contribution in [0.4, 0.5) is 0 Å². The van der Waals surface area contributed by atoms with Crippen LogP contribution in [0, 0.1) is 5.92 Å². The summed E-state index contributed by atoms with van der Waals surface area (Å²) in [6, 6.07) is 0. The Morgan fingerprint density at radius 3 is 2.21 bits per heavy atom. The quantitative estimate of drug-likeness (QED) is 0.618. The number of rotatable bonds is 4. The number of carbonyl (C=O) groups is 1. The molecular weight excluding hydrogens is 302 g/mol. The molecule has 0 radical (unpaired) electrons. The second-order valence-electron chi connectivity index (χ2n) is 7.44. The number of hydrogen-bond donors (Lipinski definition) is 1. The molecule has 0 aromatic carbocycles. The zero-order chi connectivity index (χ0) is 16.8.